The van der Waals surface area contributed by atoms with Crippen LogP contribution in [0, 0.1) is 5.92 Å². The van der Waals surface area contributed by atoms with E-state index in [2.05, 4.69) is 11.9 Å². The Kier molecular flexibility index (Phi) is 3.34. The third-order valence-electron chi connectivity index (χ3n) is 2.59. The van der Waals surface area contributed by atoms with Crippen molar-refractivity contribution < 1.29 is 5.11 Å². The average molecular weight is 157 g/mol. The zero-order chi connectivity index (χ0) is 8.27. The number of aliphatic hydroxyl groups is 1. The molecule has 66 valence electrons. The molecule has 0 amide bonds. The van der Waals surface area contributed by atoms with E-state index in [4.69, 9.17) is 0 Å². The summed E-state index contributed by atoms with van der Waals surface area (Å²) >= 11 is 0. The predicted octanol–water partition coefficient (Wildman–Crippen LogP) is 1.10. The fourth-order valence-corrected chi connectivity index (χ4v) is 1.76. The van der Waals surface area contributed by atoms with Crippen molar-refractivity contribution in [3.05, 3.63) is 0 Å². The van der Waals surface area contributed by atoms with Crippen molar-refractivity contribution in [2.24, 2.45) is 5.92 Å². The van der Waals surface area contributed by atoms with E-state index in [1.165, 1.54) is 25.8 Å². The van der Waals surface area contributed by atoms with Gasteiger partial charge in [-0.2, -0.15) is 0 Å². The highest BCUT2D eigenvalue weighted by molar-refractivity contribution is 4.72. The minimum Gasteiger partial charge on any atom is -0.393 e. The maximum atomic E-state index is 9.39. The van der Waals surface area contributed by atoms with Crippen molar-refractivity contribution >= 4 is 0 Å². The Hall–Kier alpha value is -0.0800. The molecule has 0 aromatic rings. The van der Waals surface area contributed by atoms with Crippen LogP contribution in [0.25, 0.3) is 0 Å². The highest BCUT2D eigenvalue weighted by Gasteiger charge is 2.19. The highest BCUT2D eigenvalue weighted by atomic mass is 16.3. The summed E-state index contributed by atoms with van der Waals surface area (Å²) in [6, 6.07) is 0. The van der Waals surface area contributed by atoms with E-state index in [0.717, 1.165) is 6.54 Å². The Morgan fingerprint density at radius 3 is 2.82 bits per heavy atom. The van der Waals surface area contributed by atoms with Crippen LogP contribution in [-0.2, 0) is 0 Å². The Labute approximate surface area is 69.2 Å². The summed E-state index contributed by atoms with van der Waals surface area (Å²) in [5.74, 6) is 0.502. The van der Waals surface area contributed by atoms with E-state index in [1.807, 2.05) is 6.92 Å². The minimum atomic E-state index is -0.129. The summed E-state index contributed by atoms with van der Waals surface area (Å²) in [6.07, 6.45) is 3.64. The molecule has 2 heteroatoms. The molecule has 0 bridgehead atoms. The smallest absolute Gasteiger partial charge is 0.0552 e. The predicted molar refractivity (Wildman–Crippen MR) is 46.5 cm³/mol. The normalized spacial score (nSPS) is 31.4. The molecule has 1 rings (SSSR count). The lowest BCUT2D eigenvalue weighted by molar-refractivity contribution is 0.104. The van der Waals surface area contributed by atoms with Crippen molar-refractivity contribution in [2.75, 3.05) is 20.1 Å². The van der Waals surface area contributed by atoms with Gasteiger partial charge in [0.1, 0.15) is 0 Å². The molecule has 11 heavy (non-hydrogen) atoms. The summed E-state index contributed by atoms with van der Waals surface area (Å²) in [6.45, 7) is 4.17. The molecule has 2 unspecified atom stereocenters. The first-order valence-electron chi connectivity index (χ1n) is 4.57. The van der Waals surface area contributed by atoms with Gasteiger partial charge in [0.2, 0.25) is 0 Å². The van der Waals surface area contributed by atoms with Crippen molar-refractivity contribution in [2.45, 2.75) is 32.3 Å². The second kappa shape index (κ2) is 4.07. The fourth-order valence-electron chi connectivity index (χ4n) is 1.76. The van der Waals surface area contributed by atoms with Gasteiger partial charge in [-0.3, -0.25) is 0 Å². The summed E-state index contributed by atoms with van der Waals surface area (Å²) < 4.78 is 0. The monoisotopic (exact) mass is 157 g/mol. The standard InChI is InChI=1S/C9H19NO/c1-8(11)9-5-3-4-6-10(2)7-9/h8-9,11H,3-7H2,1-2H3. The van der Waals surface area contributed by atoms with Crippen LogP contribution in [0.2, 0.25) is 0 Å². The van der Waals surface area contributed by atoms with Crippen LogP contribution in [0.3, 0.4) is 0 Å². The quantitative estimate of drug-likeness (QED) is 0.616. The molecule has 1 heterocycles. The van der Waals surface area contributed by atoms with E-state index < -0.39 is 0 Å². The molecule has 2 nitrogen and oxygen atoms in total. The number of aliphatic hydroxyl groups excluding tert-OH is 1. The Balaban J connectivity index is 2.39. The van der Waals surface area contributed by atoms with Gasteiger partial charge >= 0.3 is 0 Å². The number of hydrogen-bond donors (Lipinski definition) is 1. The van der Waals surface area contributed by atoms with Gasteiger partial charge in [-0.05, 0) is 39.3 Å². The zero-order valence-electron chi connectivity index (χ0n) is 7.58. The second-order valence-corrected chi connectivity index (χ2v) is 3.76. The minimum absolute atomic E-state index is 0.129. The van der Waals surface area contributed by atoms with E-state index in [-0.39, 0.29) is 6.10 Å². The van der Waals surface area contributed by atoms with Gasteiger partial charge in [0.05, 0.1) is 6.10 Å². The summed E-state index contributed by atoms with van der Waals surface area (Å²) in [4.78, 5) is 2.32. The van der Waals surface area contributed by atoms with Crippen molar-refractivity contribution in [3.63, 3.8) is 0 Å². The topological polar surface area (TPSA) is 23.5 Å². The van der Waals surface area contributed by atoms with Crippen LogP contribution in [0.4, 0.5) is 0 Å². The number of likely N-dealkylation sites (tertiary alicyclic amines) is 1. The molecule has 1 N–H and O–H groups in total. The highest BCUT2D eigenvalue weighted by Crippen LogP contribution is 2.18. The summed E-state index contributed by atoms with van der Waals surface area (Å²) in [5, 5.41) is 9.39. The number of nitrogens with zero attached hydrogens (tertiary/aromatic N) is 1. The fraction of sp³-hybridized carbons (Fsp3) is 1.00. The van der Waals surface area contributed by atoms with Gasteiger partial charge < -0.3 is 10.0 Å². The molecule has 0 aliphatic carbocycles. The van der Waals surface area contributed by atoms with Crippen molar-refractivity contribution in [1.29, 1.82) is 0 Å². The third-order valence-corrected chi connectivity index (χ3v) is 2.59. The summed E-state index contributed by atoms with van der Waals surface area (Å²) in [7, 11) is 2.14. The molecule has 1 saturated heterocycles. The van der Waals surface area contributed by atoms with Gasteiger partial charge in [-0.25, -0.2) is 0 Å². The Morgan fingerprint density at radius 1 is 1.45 bits per heavy atom. The molecule has 0 aromatic heterocycles. The second-order valence-electron chi connectivity index (χ2n) is 3.76. The van der Waals surface area contributed by atoms with E-state index >= 15 is 0 Å². The van der Waals surface area contributed by atoms with Crippen molar-refractivity contribution in [1.82, 2.24) is 4.90 Å². The van der Waals surface area contributed by atoms with Gasteiger partial charge in [0, 0.05) is 6.54 Å². The van der Waals surface area contributed by atoms with Gasteiger partial charge in [0.25, 0.3) is 0 Å². The molecule has 1 aliphatic rings. The average Bonchev–Trinajstić information content (AvgIpc) is 2.13. The maximum absolute atomic E-state index is 9.39. The lowest BCUT2D eigenvalue weighted by Gasteiger charge is -2.21. The molecule has 0 spiro atoms. The third kappa shape index (κ3) is 2.80. The van der Waals surface area contributed by atoms with Crippen LogP contribution in [-0.4, -0.2) is 36.2 Å². The Morgan fingerprint density at radius 2 is 2.18 bits per heavy atom. The molecule has 0 saturated carbocycles. The van der Waals surface area contributed by atoms with Crippen LogP contribution in [0.5, 0.6) is 0 Å². The van der Waals surface area contributed by atoms with Crippen LogP contribution in [0.1, 0.15) is 26.2 Å². The summed E-state index contributed by atoms with van der Waals surface area (Å²) in [5.41, 5.74) is 0. The largest absolute Gasteiger partial charge is 0.393 e. The molecule has 0 radical (unpaired) electrons. The molecular weight excluding hydrogens is 138 g/mol. The van der Waals surface area contributed by atoms with Gasteiger partial charge in [0.15, 0.2) is 0 Å². The van der Waals surface area contributed by atoms with E-state index in [1.54, 1.807) is 0 Å². The van der Waals surface area contributed by atoms with Crippen LogP contribution in [0.15, 0.2) is 0 Å². The van der Waals surface area contributed by atoms with Gasteiger partial charge in [-0.15, -0.1) is 0 Å². The first kappa shape index (κ1) is 9.01. The SMILES string of the molecule is CC(O)C1CCCCN(C)C1. The van der Waals surface area contributed by atoms with E-state index in [9.17, 15) is 5.11 Å². The molecular formula is C9H19NO. The Bertz CT molecular complexity index is 114. The molecule has 0 aromatic carbocycles. The lowest BCUT2D eigenvalue weighted by Crippen LogP contribution is -2.29. The number of rotatable bonds is 1. The number of hydrogen-bond acceptors (Lipinski definition) is 2. The first-order chi connectivity index (χ1) is 5.20. The lowest BCUT2D eigenvalue weighted by atomic mass is 9.98. The van der Waals surface area contributed by atoms with Crippen molar-refractivity contribution in [3.8, 4) is 0 Å². The molecule has 1 aliphatic heterocycles. The molecule has 2 atom stereocenters. The van der Waals surface area contributed by atoms with Crippen LogP contribution >= 0.6 is 0 Å². The molecule has 1 fully saturated rings. The van der Waals surface area contributed by atoms with Gasteiger partial charge in [-0.1, -0.05) is 6.42 Å². The van der Waals surface area contributed by atoms with E-state index in [0.29, 0.717) is 5.92 Å². The maximum Gasteiger partial charge on any atom is 0.0552 e. The zero-order valence-corrected chi connectivity index (χ0v) is 7.58. The first-order valence-corrected chi connectivity index (χ1v) is 4.57. The van der Waals surface area contributed by atoms with Crippen LogP contribution < -0.4 is 0 Å².